The van der Waals surface area contributed by atoms with Crippen LogP contribution < -0.4 is 21.1 Å². The van der Waals surface area contributed by atoms with Gasteiger partial charge >= 0.3 is 6.18 Å². The number of para-hydroxylation sites is 1. The summed E-state index contributed by atoms with van der Waals surface area (Å²) < 4.78 is 46.0. The zero-order chi connectivity index (χ0) is 23.1. The average molecular weight is 442 g/mol. The maximum atomic E-state index is 13.5. The van der Waals surface area contributed by atoms with Crippen molar-refractivity contribution in [3.05, 3.63) is 78.4 Å². The number of alkyl halides is 3. The highest BCUT2D eigenvalue weighted by Crippen LogP contribution is 2.38. The molecule has 0 bridgehead atoms. The molecule has 0 fully saturated rings. The first-order valence-corrected chi connectivity index (χ1v) is 10.1. The van der Waals surface area contributed by atoms with Crippen LogP contribution in [0.15, 0.2) is 67.2 Å². The van der Waals surface area contributed by atoms with Crippen LogP contribution in [0.1, 0.15) is 24.5 Å². The SMILES string of the molecule is C=C(Nc1cc(OCN)cc(-c2ccccc2C(F)(F)F)n1)c1ccccc1NCCC. The molecule has 1 aromatic heterocycles. The summed E-state index contributed by atoms with van der Waals surface area (Å²) in [5.41, 5.74) is 7.02. The number of nitrogens with one attached hydrogen (secondary N) is 2. The molecule has 0 spiro atoms. The van der Waals surface area contributed by atoms with Crippen LogP contribution in [0.5, 0.6) is 5.75 Å². The molecule has 0 aliphatic rings. The summed E-state index contributed by atoms with van der Waals surface area (Å²) >= 11 is 0. The van der Waals surface area contributed by atoms with Crippen LogP contribution in [0, 0.1) is 0 Å². The molecule has 32 heavy (non-hydrogen) atoms. The number of nitrogens with zero attached hydrogens (tertiary/aromatic N) is 1. The minimum atomic E-state index is -4.52. The van der Waals surface area contributed by atoms with E-state index in [0.29, 0.717) is 17.3 Å². The Morgan fingerprint density at radius 1 is 1.09 bits per heavy atom. The van der Waals surface area contributed by atoms with Gasteiger partial charge < -0.3 is 15.4 Å². The van der Waals surface area contributed by atoms with E-state index in [2.05, 4.69) is 29.1 Å². The Morgan fingerprint density at radius 2 is 1.81 bits per heavy atom. The summed E-state index contributed by atoms with van der Waals surface area (Å²) in [5.74, 6) is 0.584. The third-order valence-corrected chi connectivity index (χ3v) is 4.65. The Balaban J connectivity index is 1.99. The molecule has 0 unspecified atom stereocenters. The number of anilines is 2. The van der Waals surface area contributed by atoms with Gasteiger partial charge in [0.2, 0.25) is 0 Å². The highest BCUT2D eigenvalue weighted by atomic mass is 19.4. The van der Waals surface area contributed by atoms with E-state index in [1.807, 2.05) is 24.3 Å². The molecule has 8 heteroatoms. The monoisotopic (exact) mass is 442 g/mol. The maximum absolute atomic E-state index is 13.5. The van der Waals surface area contributed by atoms with E-state index >= 15 is 0 Å². The molecule has 1 heterocycles. The molecule has 5 nitrogen and oxygen atoms in total. The minimum absolute atomic E-state index is 0.0545. The van der Waals surface area contributed by atoms with Gasteiger partial charge in [-0.1, -0.05) is 49.9 Å². The lowest BCUT2D eigenvalue weighted by Crippen LogP contribution is -2.10. The standard InChI is InChI=1S/C24H25F3N4O/c1-3-12-29-21-11-7-5-8-18(21)16(2)30-23-14-17(32-15-28)13-22(31-23)19-9-4-6-10-20(19)24(25,26)27/h4-11,13-14,29H,2-3,12,15,28H2,1H3,(H,30,31). The summed E-state index contributed by atoms with van der Waals surface area (Å²) in [6.45, 7) is 6.81. The quantitative estimate of drug-likeness (QED) is 0.356. The molecule has 0 aliphatic heterocycles. The van der Waals surface area contributed by atoms with Crippen molar-refractivity contribution in [1.82, 2.24) is 4.98 Å². The van der Waals surface area contributed by atoms with Crippen LogP contribution in [-0.2, 0) is 6.18 Å². The topological polar surface area (TPSA) is 72.2 Å². The molecule has 3 aromatic rings. The first-order chi connectivity index (χ1) is 15.3. The van der Waals surface area contributed by atoms with Crippen LogP contribution in [0.3, 0.4) is 0 Å². The largest absolute Gasteiger partial charge is 0.478 e. The van der Waals surface area contributed by atoms with E-state index in [9.17, 15) is 13.2 Å². The second kappa shape index (κ2) is 10.2. The van der Waals surface area contributed by atoms with Crippen molar-refractivity contribution < 1.29 is 17.9 Å². The Kier molecular flexibility index (Phi) is 7.37. The first-order valence-electron chi connectivity index (χ1n) is 10.1. The average Bonchev–Trinajstić information content (AvgIpc) is 2.77. The Hall–Kier alpha value is -3.52. The third kappa shape index (κ3) is 5.59. The number of hydrogen-bond acceptors (Lipinski definition) is 5. The molecule has 0 saturated heterocycles. The van der Waals surface area contributed by atoms with Gasteiger partial charge in [0.25, 0.3) is 0 Å². The molecule has 4 N–H and O–H groups in total. The lowest BCUT2D eigenvalue weighted by Gasteiger charge is -2.17. The van der Waals surface area contributed by atoms with Crippen molar-refractivity contribution in [2.75, 3.05) is 23.9 Å². The summed E-state index contributed by atoms with van der Waals surface area (Å²) in [6, 6.07) is 15.9. The van der Waals surface area contributed by atoms with Gasteiger partial charge in [-0.25, -0.2) is 4.98 Å². The number of halogens is 3. The minimum Gasteiger partial charge on any atom is -0.478 e. The molecule has 0 radical (unpaired) electrons. The second-order valence-corrected chi connectivity index (χ2v) is 7.00. The zero-order valence-corrected chi connectivity index (χ0v) is 17.7. The van der Waals surface area contributed by atoms with Crippen LogP contribution >= 0.6 is 0 Å². The van der Waals surface area contributed by atoms with E-state index in [-0.39, 0.29) is 18.0 Å². The normalized spacial score (nSPS) is 11.2. The lowest BCUT2D eigenvalue weighted by atomic mass is 10.0. The number of benzene rings is 2. The van der Waals surface area contributed by atoms with Gasteiger partial charge in [-0.05, 0) is 18.6 Å². The number of pyridine rings is 1. The van der Waals surface area contributed by atoms with Gasteiger partial charge in [0.15, 0.2) is 0 Å². The predicted molar refractivity (Wildman–Crippen MR) is 122 cm³/mol. The van der Waals surface area contributed by atoms with E-state index < -0.39 is 11.7 Å². The molecule has 3 rings (SSSR count). The number of hydrogen-bond donors (Lipinski definition) is 3. The number of aromatic nitrogens is 1. The van der Waals surface area contributed by atoms with Crippen molar-refractivity contribution in [2.45, 2.75) is 19.5 Å². The van der Waals surface area contributed by atoms with Crippen LogP contribution in [0.4, 0.5) is 24.7 Å². The fraction of sp³-hybridized carbons (Fsp3) is 0.208. The van der Waals surface area contributed by atoms with Crippen molar-refractivity contribution in [2.24, 2.45) is 5.73 Å². The molecule has 168 valence electrons. The van der Waals surface area contributed by atoms with Crippen molar-refractivity contribution in [3.8, 4) is 17.0 Å². The molecule has 0 saturated carbocycles. The smallest absolute Gasteiger partial charge is 0.417 e. The van der Waals surface area contributed by atoms with Crippen molar-refractivity contribution in [1.29, 1.82) is 0 Å². The van der Waals surface area contributed by atoms with Gasteiger partial charge in [0.1, 0.15) is 18.3 Å². The summed E-state index contributed by atoms with van der Waals surface area (Å²) in [6.07, 6.45) is -3.57. The van der Waals surface area contributed by atoms with Crippen LogP contribution in [0.2, 0.25) is 0 Å². The van der Waals surface area contributed by atoms with Gasteiger partial charge in [0, 0.05) is 41.2 Å². The summed E-state index contributed by atoms with van der Waals surface area (Å²) in [7, 11) is 0. The fourth-order valence-electron chi connectivity index (χ4n) is 3.22. The van der Waals surface area contributed by atoms with Crippen molar-refractivity contribution >= 4 is 17.2 Å². The first kappa shape index (κ1) is 23.1. The van der Waals surface area contributed by atoms with E-state index in [1.165, 1.54) is 24.3 Å². The van der Waals surface area contributed by atoms with Gasteiger partial charge in [-0.15, -0.1) is 0 Å². The highest BCUT2D eigenvalue weighted by molar-refractivity contribution is 5.82. The molecule has 0 atom stereocenters. The zero-order valence-electron chi connectivity index (χ0n) is 17.7. The third-order valence-electron chi connectivity index (χ3n) is 4.65. The van der Waals surface area contributed by atoms with E-state index in [0.717, 1.165) is 30.3 Å². The molecule has 0 amide bonds. The van der Waals surface area contributed by atoms with E-state index in [1.54, 1.807) is 6.07 Å². The van der Waals surface area contributed by atoms with Gasteiger partial charge in [-0.2, -0.15) is 13.2 Å². The van der Waals surface area contributed by atoms with Gasteiger partial charge in [-0.3, -0.25) is 5.73 Å². The fourth-order valence-corrected chi connectivity index (χ4v) is 3.22. The van der Waals surface area contributed by atoms with Crippen molar-refractivity contribution in [3.63, 3.8) is 0 Å². The molecular weight excluding hydrogens is 417 g/mol. The molecule has 0 aliphatic carbocycles. The predicted octanol–water partition coefficient (Wildman–Crippen LogP) is 5.97. The van der Waals surface area contributed by atoms with Crippen LogP contribution in [-0.4, -0.2) is 18.3 Å². The Bertz CT molecular complexity index is 1080. The summed E-state index contributed by atoms with van der Waals surface area (Å²) in [5, 5.41) is 6.43. The Morgan fingerprint density at radius 3 is 2.53 bits per heavy atom. The van der Waals surface area contributed by atoms with E-state index in [4.69, 9.17) is 10.5 Å². The van der Waals surface area contributed by atoms with Crippen LogP contribution in [0.25, 0.3) is 17.0 Å². The number of nitrogens with two attached hydrogens (primary N) is 1. The Labute approximate surface area is 185 Å². The number of ether oxygens (including phenoxy) is 1. The summed E-state index contributed by atoms with van der Waals surface area (Å²) in [4.78, 5) is 4.40. The maximum Gasteiger partial charge on any atom is 0.417 e. The number of rotatable bonds is 9. The molecule has 2 aromatic carbocycles. The highest BCUT2D eigenvalue weighted by Gasteiger charge is 2.33. The lowest BCUT2D eigenvalue weighted by molar-refractivity contribution is -0.137. The van der Waals surface area contributed by atoms with Gasteiger partial charge in [0.05, 0.1) is 11.3 Å². The second-order valence-electron chi connectivity index (χ2n) is 7.00. The molecular formula is C24H25F3N4O.